The molecule has 0 radical (unpaired) electrons. The summed E-state index contributed by atoms with van der Waals surface area (Å²) in [6.45, 7) is 0.857. The Bertz CT molecular complexity index is 327. The third-order valence-electron chi connectivity index (χ3n) is 2.48. The average Bonchev–Trinajstić information content (AvgIpc) is 2.27. The first-order chi connectivity index (χ1) is 6.81. The molecule has 1 heterocycles. The fraction of sp³-hybridized carbons (Fsp3) is 0.455. The van der Waals surface area contributed by atoms with Crippen molar-refractivity contribution in [2.45, 2.75) is 17.8 Å². The molecular weight excluding hydrogens is 242 g/mol. The average molecular weight is 256 g/mol. The number of ether oxygens (including phenoxy) is 1. The van der Waals surface area contributed by atoms with Gasteiger partial charge in [0, 0.05) is 0 Å². The van der Waals surface area contributed by atoms with Crippen molar-refractivity contribution < 1.29 is 4.74 Å². The second-order valence-corrected chi connectivity index (χ2v) is 4.39. The van der Waals surface area contributed by atoms with Crippen LogP contribution in [0, 0.1) is 0 Å². The van der Waals surface area contributed by atoms with Crippen LogP contribution < -0.4 is 10.1 Å². The van der Waals surface area contributed by atoms with E-state index in [0.717, 1.165) is 25.2 Å². The molecule has 1 aliphatic rings. The predicted molar refractivity (Wildman–Crippen MR) is 61.0 cm³/mol. The van der Waals surface area contributed by atoms with E-state index >= 15 is 0 Å². The van der Waals surface area contributed by atoms with Gasteiger partial charge in [0.25, 0.3) is 0 Å². The van der Waals surface area contributed by atoms with E-state index in [1.807, 2.05) is 7.05 Å². The first-order valence-electron chi connectivity index (χ1n) is 4.88. The monoisotopic (exact) mass is 255 g/mol. The van der Waals surface area contributed by atoms with Crippen LogP contribution in [0.4, 0.5) is 0 Å². The summed E-state index contributed by atoms with van der Waals surface area (Å²) in [5.41, 5.74) is 2.59. The topological polar surface area (TPSA) is 21.3 Å². The Morgan fingerprint density at radius 2 is 2.36 bits per heavy atom. The summed E-state index contributed by atoms with van der Waals surface area (Å²) < 4.78 is 5.56. The molecule has 0 fully saturated rings. The van der Waals surface area contributed by atoms with E-state index in [1.54, 1.807) is 0 Å². The Balaban J connectivity index is 2.29. The normalized spacial score (nSPS) is 17.0. The fourth-order valence-corrected chi connectivity index (χ4v) is 1.99. The zero-order chi connectivity index (χ0) is 9.97. The zero-order valence-corrected chi connectivity index (χ0v) is 9.80. The molecule has 1 N–H and O–H groups in total. The van der Waals surface area contributed by atoms with E-state index in [2.05, 4.69) is 39.4 Å². The van der Waals surface area contributed by atoms with Crippen molar-refractivity contribution in [1.82, 2.24) is 5.32 Å². The maximum Gasteiger partial charge on any atom is 0.122 e. The minimum Gasteiger partial charge on any atom is -0.493 e. The molecular formula is C11H14BrNO. The highest BCUT2D eigenvalue weighted by Crippen LogP contribution is 2.29. The molecule has 2 nitrogen and oxygen atoms in total. The van der Waals surface area contributed by atoms with Gasteiger partial charge >= 0.3 is 0 Å². The molecule has 1 atom stereocenters. The molecule has 0 saturated carbocycles. The summed E-state index contributed by atoms with van der Waals surface area (Å²) in [5, 5.41) is 3.16. The summed E-state index contributed by atoms with van der Waals surface area (Å²) in [4.78, 5) is 0.231. The van der Waals surface area contributed by atoms with Gasteiger partial charge in [0.1, 0.15) is 5.75 Å². The standard InChI is InChI=1S/C11H14BrNO/c1-13-11(12)9-4-5-10-8(7-9)3-2-6-14-10/h4-5,7,11,13H,2-3,6H2,1H3. The van der Waals surface area contributed by atoms with Crippen molar-refractivity contribution in [3.8, 4) is 5.75 Å². The first kappa shape index (κ1) is 9.99. The van der Waals surface area contributed by atoms with Crippen LogP contribution in [0.2, 0.25) is 0 Å². The van der Waals surface area contributed by atoms with Gasteiger partial charge in [0.15, 0.2) is 0 Å². The van der Waals surface area contributed by atoms with E-state index in [9.17, 15) is 0 Å². The molecule has 76 valence electrons. The summed E-state index contributed by atoms with van der Waals surface area (Å²) in [6.07, 6.45) is 2.26. The Kier molecular flexibility index (Phi) is 3.08. The quantitative estimate of drug-likeness (QED) is 0.648. The molecule has 1 unspecified atom stereocenters. The minimum atomic E-state index is 0.231. The maximum atomic E-state index is 5.56. The third kappa shape index (κ3) is 1.93. The van der Waals surface area contributed by atoms with Gasteiger partial charge in [-0.25, -0.2) is 0 Å². The van der Waals surface area contributed by atoms with E-state index in [-0.39, 0.29) is 4.95 Å². The number of nitrogens with one attached hydrogen (secondary N) is 1. The van der Waals surface area contributed by atoms with Gasteiger partial charge in [-0.05, 0) is 43.1 Å². The smallest absolute Gasteiger partial charge is 0.122 e. The highest BCUT2D eigenvalue weighted by atomic mass is 79.9. The fourth-order valence-electron chi connectivity index (χ4n) is 1.70. The lowest BCUT2D eigenvalue weighted by atomic mass is 10.0. The van der Waals surface area contributed by atoms with Gasteiger partial charge < -0.3 is 10.1 Å². The third-order valence-corrected chi connectivity index (χ3v) is 3.47. The molecule has 0 aromatic heterocycles. The summed E-state index contributed by atoms with van der Waals surface area (Å²) in [6, 6.07) is 6.37. The maximum absolute atomic E-state index is 5.56. The zero-order valence-electron chi connectivity index (χ0n) is 8.22. The number of halogens is 1. The molecule has 0 bridgehead atoms. The SMILES string of the molecule is CNC(Br)c1ccc2c(c1)CCCO2. The lowest BCUT2D eigenvalue weighted by Crippen LogP contribution is -2.12. The Hall–Kier alpha value is -0.540. The number of rotatable bonds is 2. The van der Waals surface area contributed by atoms with Gasteiger partial charge in [-0.2, -0.15) is 0 Å². The molecule has 0 aliphatic carbocycles. The highest BCUT2D eigenvalue weighted by Gasteiger charge is 2.12. The molecule has 0 amide bonds. The van der Waals surface area contributed by atoms with Crippen LogP contribution in [0.25, 0.3) is 0 Å². The van der Waals surface area contributed by atoms with E-state index in [0.29, 0.717) is 0 Å². The predicted octanol–water partition coefficient (Wildman–Crippen LogP) is 2.62. The summed E-state index contributed by atoms with van der Waals surface area (Å²) >= 11 is 3.56. The van der Waals surface area contributed by atoms with E-state index in [1.165, 1.54) is 11.1 Å². The Morgan fingerprint density at radius 1 is 1.50 bits per heavy atom. The number of hydrogen-bond donors (Lipinski definition) is 1. The van der Waals surface area contributed by atoms with Crippen molar-refractivity contribution in [2.24, 2.45) is 0 Å². The van der Waals surface area contributed by atoms with Crippen LogP contribution in [-0.4, -0.2) is 13.7 Å². The van der Waals surface area contributed by atoms with Crippen molar-refractivity contribution in [1.29, 1.82) is 0 Å². The van der Waals surface area contributed by atoms with Crippen molar-refractivity contribution in [3.63, 3.8) is 0 Å². The molecule has 1 aliphatic heterocycles. The minimum absolute atomic E-state index is 0.231. The first-order valence-corrected chi connectivity index (χ1v) is 5.80. The molecule has 0 saturated heterocycles. The number of alkyl halides is 1. The van der Waals surface area contributed by atoms with Gasteiger partial charge in [0.2, 0.25) is 0 Å². The van der Waals surface area contributed by atoms with Gasteiger partial charge in [0.05, 0.1) is 11.6 Å². The second-order valence-electron chi connectivity index (χ2n) is 3.47. The second kappa shape index (κ2) is 4.32. The number of hydrogen-bond acceptors (Lipinski definition) is 2. The summed E-state index contributed by atoms with van der Waals surface area (Å²) in [7, 11) is 1.94. The lowest BCUT2D eigenvalue weighted by Gasteiger charge is -2.19. The Morgan fingerprint density at radius 3 is 3.14 bits per heavy atom. The van der Waals surface area contributed by atoms with Gasteiger partial charge in [-0.15, -0.1) is 0 Å². The largest absolute Gasteiger partial charge is 0.493 e. The van der Waals surface area contributed by atoms with Crippen molar-refractivity contribution >= 4 is 15.9 Å². The van der Waals surface area contributed by atoms with E-state index in [4.69, 9.17) is 4.74 Å². The molecule has 1 aromatic carbocycles. The highest BCUT2D eigenvalue weighted by molar-refractivity contribution is 9.09. The molecule has 2 rings (SSSR count). The molecule has 1 aromatic rings. The molecule has 0 spiro atoms. The lowest BCUT2D eigenvalue weighted by molar-refractivity contribution is 0.288. The molecule has 3 heteroatoms. The van der Waals surface area contributed by atoms with Crippen LogP contribution >= 0.6 is 15.9 Å². The number of aryl methyl sites for hydroxylation is 1. The van der Waals surface area contributed by atoms with Crippen LogP contribution in [0.5, 0.6) is 5.75 Å². The number of benzene rings is 1. The van der Waals surface area contributed by atoms with Gasteiger partial charge in [-0.1, -0.05) is 22.0 Å². The van der Waals surface area contributed by atoms with Crippen LogP contribution in [0.15, 0.2) is 18.2 Å². The van der Waals surface area contributed by atoms with Crippen LogP contribution in [-0.2, 0) is 6.42 Å². The van der Waals surface area contributed by atoms with Crippen molar-refractivity contribution in [2.75, 3.05) is 13.7 Å². The Labute approximate surface area is 92.8 Å². The van der Waals surface area contributed by atoms with E-state index < -0.39 is 0 Å². The molecule has 14 heavy (non-hydrogen) atoms. The summed E-state index contributed by atoms with van der Waals surface area (Å²) in [5.74, 6) is 1.05. The van der Waals surface area contributed by atoms with Crippen molar-refractivity contribution in [3.05, 3.63) is 29.3 Å². The van der Waals surface area contributed by atoms with Crippen LogP contribution in [0.1, 0.15) is 22.5 Å². The number of fused-ring (bicyclic) bond motifs is 1. The van der Waals surface area contributed by atoms with Gasteiger partial charge in [-0.3, -0.25) is 0 Å². The van der Waals surface area contributed by atoms with Crippen LogP contribution in [0.3, 0.4) is 0 Å².